The molecule has 0 rings (SSSR count). The summed E-state index contributed by atoms with van der Waals surface area (Å²) in [5.74, 6) is 0. The number of hydrogen-bond acceptors (Lipinski definition) is 1. The van der Waals surface area contributed by atoms with Crippen molar-refractivity contribution in [2.75, 3.05) is 6.61 Å². The zero-order chi connectivity index (χ0) is 7.82. The largest absolute Gasteiger partial charge is 0.345 e. The molecule has 0 aliphatic heterocycles. The first-order valence-electron chi connectivity index (χ1n) is 3.67. The highest BCUT2D eigenvalue weighted by Crippen LogP contribution is 2.01. The van der Waals surface area contributed by atoms with Crippen molar-refractivity contribution in [1.29, 1.82) is 0 Å². The summed E-state index contributed by atoms with van der Waals surface area (Å²) in [6, 6.07) is 0. The van der Waals surface area contributed by atoms with Crippen molar-refractivity contribution in [3.8, 4) is 0 Å². The summed E-state index contributed by atoms with van der Waals surface area (Å²) >= 11 is 0. The van der Waals surface area contributed by atoms with Crippen LogP contribution in [0.2, 0.25) is 0 Å². The van der Waals surface area contributed by atoms with Crippen LogP contribution in [0, 0.1) is 0 Å². The molecule has 0 unspecified atom stereocenters. The van der Waals surface area contributed by atoms with E-state index < -0.39 is 6.61 Å². The van der Waals surface area contributed by atoms with Gasteiger partial charge in [-0.2, -0.15) is 8.78 Å². The third-order valence-electron chi connectivity index (χ3n) is 1.24. The molecule has 0 aromatic rings. The number of ether oxygens (including phenoxy) is 1. The van der Waals surface area contributed by atoms with E-state index in [4.69, 9.17) is 0 Å². The Labute approximate surface area is 60.4 Å². The van der Waals surface area contributed by atoms with Crippen molar-refractivity contribution < 1.29 is 13.5 Å². The first-order valence-corrected chi connectivity index (χ1v) is 3.67. The van der Waals surface area contributed by atoms with E-state index in [0.717, 1.165) is 25.7 Å². The van der Waals surface area contributed by atoms with Gasteiger partial charge in [0, 0.05) is 0 Å². The Morgan fingerprint density at radius 3 is 2.40 bits per heavy atom. The lowest BCUT2D eigenvalue weighted by molar-refractivity contribution is -0.129. The van der Waals surface area contributed by atoms with E-state index in [0.29, 0.717) is 0 Å². The van der Waals surface area contributed by atoms with Crippen LogP contribution in [0.25, 0.3) is 0 Å². The van der Waals surface area contributed by atoms with E-state index in [2.05, 4.69) is 11.7 Å². The second-order valence-electron chi connectivity index (χ2n) is 2.19. The Kier molecular flexibility index (Phi) is 6.81. The first kappa shape index (κ1) is 9.82. The Morgan fingerprint density at radius 1 is 1.20 bits per heavy atom. The van der Waals surface area contributed by atoms with Gasteiger partial charge in [0.25, 0.3) is 0 Å². The van der Waals surface area contributed by atoms with E-state index in [1.165, 1.54) is 0 Å². The lowest BCUT2D eigenvalue weighted by Crippen LogP contribution is -2.00. The SMILES string of the molecule is CCCCCCOC(F)F. The smallest absolute Gasteiger partial charge is 0.323 e. The number of rotatable bonds is 6. The molecular weight excluding hydrogens is 138 g/mol. The van der Waals surface area contributed by atoms with Crippen molar-refractivity contribution in [3.63, 3.8) is 0 Å². The van der Waals surface area contributed by atoms with Crippen molar-refractivity contribution in [3.05, 3.63) is 0 Å². The van der Waals surface area contributed by atoms with Crippen LogP contribution < -0.4 is 0 Å². The molecule has 0 spiro atoms. The number of halogens is 2. The Balaban J connectivity index is 2.77. The fourth-order valence-corrected chi connectivity index (χ4v) is 0.701. The van der Waals surface area contributed by atoms with Gasteiger partial charge in [-0.05, 0) is 6.42 Å². The third-order valence-corrected chi connectivity index (χ3v) is 1.24. The third kappa shape index (κ3) is 7.82. The van der Waals surface area contributed by atoms with Crippen LogP contribution in [0.3, 0.4) is 0 Å². The van der Waals surface area contributed by atoms with E-state index in [1.54, 1.807) is 0 Å². The van der Waals surface area contributed by atoms with Gasteiger partial charge < -0.3 is 4.74 Å². The van der Waals surface area contributed by atoms with Gasteiger partial charge in [0.1, 0.15) is 0 Å². The second-order valence-corrected chi connectivity index (χ2v) is 2.19. The normalized spacial score (nSPS) is 10.8. The quantitative estimate of drug-likeness (QED) is 0.532. The summed E-state index contributed by atoms with van der Waals surface area (Å²) in [5, 5.41) is 0. The van der Waals surface area contributed by atoms with Crippen molar-refractivity contribution in [2.24, 2.45) is 0 Å². The van der Waals surface area contributed by atoms with E-state index in [-0.39, 0.29) is 6.61 Å². The van der Waals surface area contributed by atoms with E-state index in [1.807, 2.05) is 0 Å². The molecule has 10 heavy (non-hydrogen) atoms. The topological polar surface area (TPSA) is 9.23 Å². The molecule has 0 fully saturated rings. The maximum absolute atomic E-state index is 11.3. The highest BCUT2D eigenvalue weighted by molar-refractivity contribution is 4.38. The van der Waals surface area contributed by atoms with Gasteiger partial charge >= 0.3 is 6.61 Å². The predicted molar refractivity (Wildman–Crippen MR) is 36.1 cm³/mol. The van der Waals surface area contributed by atoms with E-state index >= 15 is 0 Å². The van der Waals surface area contributed by atoms with Gasteiger partial charge in [-0.15, -0.1) is 0 Å². The molecule has 0 atom stereocenters. The van der Waals surface area contributed by atoms with Gasteiger partial charge in [0.2, 0.25) is 0 Å². The Hall–Kier alpha value is -0.180. The molecule has 0 aromatic carbocycles. The summed E-state index contributed by atoms with van der Waals surface area (Å²) in [6.07, 6.45) is 3.96. The van der Waals surface area contributed by atoms with Gasteiger partial charge in [0.15, 0.2) is 0 Å². The van der Waals surface area contributed by atoms with Crippen molar-refractivity contribution in [1.82, 2.24) is 0 Å². The van der Waals surface area contributed by atoms with Crippen molar-refractivity contribution in [2.45, 2.75) is 39.2 Å². The monoisotopic (exact) mass is 152 g/mol. The minimum absolute atomic E-state index is 0.192. The molecule has 0 aromatic heterocycles. The number of hydrogen-bond donors (Lipinski definition) is 0. The maximum Gasteiger partial charge on any atom is 0.345 e. The van der Waals surface area contributed by atoms with Crippen LogP contribution in [0.1, 0.15) is 32.6 Å². The molecule has 3 heteroatoms. The Bertz CT molecular complexity index is 66.6. The molecule has 0 amide bonds. The van der Waals surface area contributed by atoms with Gasteiger partial charge in [-0.1, -0.05) is 26.2 Å². The molecule has 0 heterocycles. The average molecular weight is 152 g/mol. The summed E-state index contributed by atoms with van der Waals surface area (Å²) in [4.78, 5) is 0. The van der Waals surface area contributed by atoms with E-state index in [9.17, 15) is 8.78 Å². The zero-order valence-electron chi connectivity index (χ0n) is 6.28. The summed E-state index contributed by atoms with van der Waals surface area (Å²) in [7, 11) is 0. The minimum atomic E-state index is -2.60. The lowest BCUT2D eigenvalue weighted by atomic mass is 10.2. The second kappa shape index (κ2) is 6.93. The van der Waals surface area contributed by atoms with Crippen LogP contribution in [-0.2, 0) is 4.74 Å². The molecule has 0 N–H and O–H groups in total. The average Bonchev–Trinajstić information content (AvgIpc) is 1.87. The van der Waals surface area contributed by atoms with Crippen LogP contribution in [0.5, 0.6) is 0 Å². The zero-order valence-corrected chi connectivity index (χ0v) is 6.28. The highest BCUT2D eigenvalue weighted by atomic mass is 19.3. The molecular formula is C7H14F2O. The summed E-state index contributed by atoms with van der Waals surface area (Å²) in [5.41, 5.74) is 0. The number of unbranched alkanes of at least 4 members (excludes halogenated alkanes) is 3. The lowest BCUT2D eigenvalue weighted by Gasteiger charge is -2.00. The van der Waals surface area contributed by atoms with Crippen LogP contribution in [-0.4, -0.2) is 13.2 Å². The molecule has 0 aliphatic rings. The standard InChI is InChI=1S/C7H14F2O/c1-2-3-4-5-6-10-7(8)9/h7H,2-6H2,1H3. The summed E-state index contributed by atoms with van der Waals surface area (Å²) < 4.78 is 26.7. The predicted octanol–water partition coefficient (Wildman–Crippen LogP) is 2.81. The minimum Gasteiger partial charge on any atom is -0.323 e. The van der Waals surface area contributed by atoms with Gasteiger partial charge in [0.05, 0.1) is 6.61 Å². The summed E-state index contributed by atoms with van der Waals surface area (Å²) in [6.45, 7) is -0.326. The molecule has 62 valence electrons. The molecule has 0 saturated heterocycles. The maximum atomic E-state index is 11.3. The molecule has 0 aliphatic carbocycles. The van der Waals surface area contributed by atoms with Gasteiger partial charge in [-0.25, -0.2) is 0 Å². The number of alkyl halides is 2. The molecule has 0 radical (unpaired) electrons. The first-order chi connectivity index (χ1) is 4.77. The molecule has 0 saturated carbocycles. The molecule has 0 bridgehead atoms. The Morgan fingerprint density at radius 2 is 1.90 bits per heavy atom. The highest BCUT2D eigenvalue weighted by Gasteiger charge is 1.98. The fraction of sp³-hybridized carbons (Fsp3) is 1.00. The fourth-order valence-electron chi connectivity index (χ4n) is 0.701. The van der Waals surface area contributed by atoms with Crippen LogP contribution in [0.15, 0.2) is 0 Å². The molecule has 1 nitrogen and oxygen atoms in total. The van der Waals surface area contributed by atoms with Crippen LogP contribution >= 0.6 is 0 Å². The van der Waals surface area contributed by atoms with Crippen LogP contribution in [0.4, 0.5) is 8.78 Å². The van der Waals surface area contributed by atoms with Crippen molar-refractivity contribution >= 4 is 0 Å². The van der Waals surface area contributed by atoms with Gasteiger partial charge in [-0.3, -0.25) is 0 Å².